The van der Waals surface area contributed by atoms with Crippen LogP contribution >= 0.6 is 0 Å². The van der Waals surface area contributed by atoms with Gasteiger partial charge in [0.1, 0.15) is 0 Å². The summed E-state index contributed by atoms with van der Waals surface area (Å²) < 4.78 is 5.28. The predicted molar refractivity (Wildman–Crippen MR) is 73.4 cm³/mol. The molecule has 0 saturated heterocycles. The van der Waals surface area contributed by atoms with Crippen molar-refractivity contribution in [3.63, 3.8) is 0 Å². The van der Waals surface area contributed by atoms with Crippen LogP contribution in [0.5, 0.6) is 0 Å². The second kappa shape index (κ2) is 8.06. The zero-order valence-corrected chi connectivity index (χ0v) is 12.0. The molecule has 0 aliphatic heterocycles. The molecule has 0 aromatic heterocycles. The third kappa shape index (κ3) is 4.57. The van der Waals surface area contributed by atoms with E-state index >= 15 is 0 Å². The summed E-state index contributed by atoms with van der Waals surface area (Å²) in [6.07, 6.45) is 8.17. The molecule has 102 valence electrons. The SMILES string of the molecule is CNC1CCCCCCC1N(C)C(C)COC. The molecule has 0 amide bonds. The van der Waals surface area contributed by atoms with Crippen LogP contribution in [0, 0.1) is 0 Å². The fourth-order valence-corrected chi connectivity index (χ4v) is 2.97. The Kier molecular flexibility index (Phi) is 7.09. The lowest BCUT2D eigenvalue weighted by Crippen LogP contribution is -2.51. The van der Waals surface area contributed by atoms with E-state index in [2.05, 4.69) is 31.2 Å². The Hall–Kier alpha value is -0.120. The highest BCUT2D eigenvalue weighted by Crippen LogP contribution is 2.22. The van der Waals surface area contributed by atoms with Gasteiger partial charge in [0, 0.05) is 25.2 Å². The van der Waals surface area contributed by atoms with Gasteiger partial charge in [-0.05, 0) is 33.9 Å². The monoisotopic (exact) mass is 242 g/mol. The van der Waals surface area contributed by atoms with Crippen molar-refractivity contribution >= 4 is 0 Å². The van der Waals surface area contributed by atoms with E-state index in [1.54, 1.807) is 7.11 Å². The Balaban J connectivity index is 2.60. The highest BCUT2D eigenvalue weighted by Gasteiger charge is 2.27. The second-order valence-corrected chi connectivity index (χ2v) is 5.42. The second-order valence-electron chi connectivity index (χ2n) is 5.42. The lowest BCUT2D eigenvalue weighted by Gasteiger charge is -2.39. The summed E-state index contributed by atoms with van der Waals surface area (Å²) in [5.41, 5.74) is 0. The Morgan fingerprint density at radius 3 is 2.47 bits per heavy atom. The van der Waals surface area contributed by atoms with Gasteiger partial charge in [0.15, 0.2) is 0 Å². The molecule has 3 heteroatoms. The van der Waals surface area contributed by atoms with Gasteiger partial charge in [-0.3, -0.25) is 4.90 Å². The number of nitrogens with one attached hydrogen (secondary N) is 1. The van der Waals surface area contributed by atoms with Gasteiger partial charge in [-0.25, -0.2) is 0 Å². The van der Waals surface area contributed by atoms with Crippen LogP contribution in [-0.2, 0) is 4.74 Å². The molecule has 1 fully saturated rings. The molecule has 3 atom stereocenters. The summed E-state index contributed by atoms with van der Waals surface area (Å²) in [7, 11) is 6.15. The van der Waals surface area contributed by atoms with Crippen LogP contribution in [0.1, 0.15) is 45.4 Å². The minimum atomic E-state index is 0.500. The summed E-state index contributed by atoms with van der Waals surface area (Å²) in [5.74, 6) is 0. The molecule has 17 heavy (non-hydrogen) atoms. The summed E-state index contributed by atoms with van der Waals surface area (Å²) in [6.45, 7) is 3.08. The molecule has 0 heterocycles. The van der Waals surface area contributed by atoms with E-state index in [0.717, 1.165) is 6.61 Å². The first kappa shape index (κ1) is 14.9. The zero-order chi connectivity index (χ0) is 12.7. The first-order chi connectivity index (χ1) is 8.20. The average molecular weight is 242 g/mol. The molecule has 1 rings (SSSR count). The van der Waals surface area contributed by atoms with Gasteiger partial charge in [-0.15, -0.1) is 0 Å². The van der Waals surface area contributed by atoms with Gasteiger partial charge in [-0.1, -0.05) is 25.7 Å². The first-order valence-corrected chi connectivity index (χ1v) is 7.08. The van der Waals surface area contributed by atoms with E-state index in [-0.39, 0.29) is 0 Å². The molecule has 3 nitrogen and oxygen atoms in total. The van der Waals surface area contributed by atoms with Crippen LogP contribution in [0.2, 0.25) is 0 Å². The number of hydrogen-bond donors (Lipinski definition) is 1. The van der Waals surface area contributed by atoms with Gasteiger partial charge in [0.25, 0.3) is 0 Å². The summed E-state index contributed by atoms with van der Waals surface area (Å²) >= 11 is 0. The molecule has 1 N–H and O–H groups in total. The van der Waals surface area contributed by atoms with Crippen LogP contribution in [0.3, 0.4) is 0 Å². The van der Waals surface area contributed by atoms with Crippen LogP contribution in [-0.4, -0.2) is 50.8 Å². The van der Waals surface area contributed by atoms with E-state index in [4.69, 9.17) is 4.74 Å². The third-order valence-corrected chi connectivity index (χ3v) is 4.23. The number of methoxy groups -OCH3 is 1. The predicted octanol–water partition coefficient (Wildman–Crippen LogP) is 2.26. The minimum absolute atomic E-state index is 0.500. The third-order valence-electron chi connectivity index (χ3n) is 4.23. The van der Waals surface area contributed by atoms with Crippen molar-refractivity contribution in [2.24, 2.45) is 0 Å². The standard InChI is InChI=1S/C14H30N2O/c1-12(11-17-4)16(3)14-10-8-6-5-7-9-13(14)15-2/h12-15H,5-11H2,1-4H3. The summed E-state index contributed by atoms with van der Waals surface area (Å²) in [5, 5.41) is 3.52. The van der Waals surface area contributed by atoms with Crippen molar-refractivity contribution in [1.82, 2.24) is 10.2 Å². The fourth-order valence-electron chi connectivity index (χ4n) is 2.97. The molecule has 0 spiro atoms. The van der Waals surface area contributed by atoms with E-state index in [1.165, 1.54) is 38.5 Å². The Bertz CT molecular complexity index is 199. The molecular weight excluding hydrogens is 212 g/mol. The number of ether oxygens (including phenoxy) is 1. The van der Waals surface area contributed by atoms with Crippen LogP contribution in [0.15, 0.2) is 0 Å². The van der Waals surface area contributed by atoms with Gasteiger partial charge in [-0.2, -0.15) is 0 Å². The lowest BCUT2D eigenvalue weighted by atomic mass is 9.91. The van der Waals surface area contributed by atoms with E-state index in [1.807, 2.05) is 0 Å². The molecule has 0 radical (unpaired) electrons. The lowest BCUT2D eigenvalue weighted by molar-refractivity contribution is 0.0676. The highest BCUT2D eigenvalue weighted by molar-refractivity contribution is 4.86. The summed E-state index contributed by atoms with van der Waals surface area (Å²) in [4.78, 5) is 2.51. The van der Waals surface area contributed by atoms with Gasteiger partial charge >= 0.3 is 0 Å². The number of hydrogen-bond acceptors (Lipinski definition) is 3. The van der Waals surface area contributed by atoms with Crippen molar-refractivity contribution in [3.05, 3.63) is 0 Å². The average Bonchev–Trinajstić information content (AvgIpc) is 2.28. The van der Waals surface area contributed by atoms with Crippen molar-refractivity contribution in [2.75, 3.05) is 27.8 Å². The maximum absolute atomic E-state index is 5.28. The molecule has 3 unspecified atom stereocenters. The molecule has 1 saturated carbocycles. The number of rotatable bonds is 5. The zero-order valence-electron chi connectivity index (χ0n) is 12.0. The van der Waals surface area contributed by atoms with Gasteiger partial charge in [0.05, 0.1) is 6.61 Å². The molecule has 1 aliphatic carbocycles. The Morgan fingerprint density at radius 2 is 1.88 bits per heavy atom. The largest absolute Gasteiger partial charge is 0.383 e. The molecular formula is C14H30N2O. The Labute approximate surface area is 107 Å². The van der Waals surface area contributed by atoms with Crippen LogP contribution < -0.4 is 5.32 Å². The van der Waals surface area contributed by atoms with Crippen LogP contribution in [0.4, 0.5) is 0 Å². The summed E-state index contributed by atoms with van der Waals surface area (Å²) in [6, 6.07) is 1.80. The first-order valence-electron chi connectivity index (χ1n) is 7.08. The molecule has 0 aromatic rings. The van der Waals surface area contributed by atoms with Gasteiger partial charge in [0.2, 0.25) is 0 Å². The van der Waals surface area contributed by atoms with E-state index < -0.39 is 0 Å². The van der Waals surface area contributed by atoms with Crippen molar-refractivity contribution in [3.8, 4) is 0 Å². The number of likely N-dealkylation sites (N-methyl/N-ethyl adjacent to an activating group) is 2. The highest BCUT2D eigenvalue weighted by atomic mass is 16.5. The molecule has 0 aromatic carbocycles. The molecule has 0 bridgehead atoms. The maximum Gasteiger partial charge on any atom is 0.0615 e. The topological polar surface area (TPSA) is 24.5 Å². The Morgan fingerprint density at radius 1 is 1.24 bits per heavy atom. The van der Waals surface area contributed by atoms with E-state index in [9.17, 15) is 0 Å². The quantitative estimate of drug-likeness (QED) is 0.800. The van der Waals surface area contributed by atoms with Gasteiger partial charge < -0.3 is 10.1 Å². The maximum atomic E-state index is 5.28. The smallest absolute Gasteiger partial charge is 0.0615 e. The van der Waals surface area contributed by atoms with Crippen molar-refractivity contribution < 1.29 is 4.74 Å². The normalized spacial score (nSPS) is 28.8. The van der Waals surface area contributed by atoms with E-state index in [0.29, 0.717) is 18.1 Å². The molecule has 1 aliphatic rings. The number of nitrogens with zero attached hydrogens (tertiary/aromatic N) is 1. The van der Waals surface area contributed by atoms with Crippen LogP contribution in [0.25, 0.3) is 0 Å². The van der Waals surface area contributed by atoms with Crippen molar-refractivity contribution in [2.45, 2.75) is 63.6 Å². The van der Waals surface area contributed by atoms with Crippen molar-refractivity contribution in [1.29, 1.82) is 0 Å². The fraction of sp³-hybridized carbons (Fsp3) is 1.00. The minimum Gasteiger partial charge on any atom is -0.383 e.